The smallest absolute Gasteiger partial charge is 0.232 e. The predicted molar refractivity (Wildman–Crippen MR) is 117 cm³/mol. The van der Waals surface area contributed by atoms with E-state index in [2.05, 4.69) is 18.8 Å². The van der Waals surface area contributed by atoms with Crippen LogP contribution >= 0.6 is 0 Å². The Hall–Kier alpha value is 0.137. The van der Waals surface area contributed by atoms with Gasteiger partial charge in [0.15, 0.2) is 0 Å². The lowest BCUT2D eigenvalue weighted by Crippen LogP contribution is -2.32. The molecule has 152 valence electrons. The van der Waals surface area contributed by atoms with Crippen LogP contribution in [-0.4, -0.2) is 20.8 Å². The molecule has 25 heavy (non-hydrogen) atoms. The molecule has 0 aliphatic rings. The lowest BCUT2D eigenvalue weighted by molar-refractivity contribution is 0.451. The van der Waals surface area contributed by atoms with Gasteiger partial charge in [0.2, 0.25) is 9.92 Å². The summed E-state index contributed by atoms with van der Waals surface area (Å²) in [5.41, 5.74) is 0. The molecule has 0 spiro atoms. The van der Waals surface area contributed by atoms with Crippen molar-refractivity contribution >= 4 is 9.92 Å². The van der Waals surface area contributed by atoms with E-state index in [0.717, 1.165) is 0 Å². The molecule has 0 aromatic carbocycles. The van der Waals surface area contributed by atoms with Crippen LogP contribution in [0.4, 0.5) is 0 Å². The van der Waals surface area contributed by atoms with Gasteiger partial charge in [-0.05, 0) is 12.8 Å². The summed E-state index contributed by atoms with van der Waals surface area (Å²) < 4.78 is 0. The molecule has 0 fully saturated rings. The van der Waals surface area contributed by atoms with Crippen LogP contribution in [0.3, 0.4) is 0 Å². The monoisotopic (exact) mass is 371 g/mol. The molecular formula is C22H49NOSi. The highest BCUT2D eigenvalue weighted by Crippen LogP contribution is 2.15. The van der Waals surface area contributed by atoms with Crippen molar-refractivity contribution in [2.24, 2.45) is 0 Å². The van der Waals surface area contributed by atoms with E-state index in [4.69, 9.17) is 0 Å². The van der Waals surface area contributed by atoms with Crippen LogP contribution in [-0.2, 0) is 0 Å². The molecule has 0 aromatic rings. The lowest BCUT2D eigenvalue weighted by atomic mass is 10.0. The Labute approximate surface area is 162 Å². The molecule has 0 saturated carbocycles. The lowest BCUT2D eigenvalue weighted by Gasteiger charge is -2.16. The second-order valence-corrected chi connectivity index (χ2v) is 8.66. The van der Waals surface area contributed by atoms with Crippen LogP contribution in [0.15, 0.2) is 0 Å². The van der Waals surface area contributed by atoms with E-state index in [1.54, 1.807) is 0 Å². The Morgan fingerprint density at radius 1 is 0.560 bits per heavy atom. The summed E-state index contributed by atoms with van der Waals surface area (Å²) in [5, 5.41) is 0. The summed E-state index contributed by atoms with van der Waals surface area (Å²) in [7, 11) is -0.977. The number of unbranched alkanes of at least 4 members (excludes halogenated alkanes) is 15. The minimum atomic E-state index is -0.977. The third-order valence-electron chi connectivity index (χ3n) is 5.44. The Balaban J connectivity index is 3.19. The molecule has 0 bridgehead atoms. The van der Waals surface area contributed by atoms with Crippen molar-refractivity contribution in [2.45, 2.75) is 142 Å². The second kappa shape index (κ2) is 22.2. The topological polar surface area (TPSA) is 32.3 Å². The fourth-order valence-electron chi connectivity index (χ4n) is 3.69. The largest absolute Gasteiger partial charge is 0.424 e. The maximum Gasteiger partial charge on any atom is 0.232 e. The molecule has 0 aliphatic carbocycles. The average molecular weight is 372 g/mol. The highest BCUT2D eigenvalue weighted by atomic mass is 28.2. The molecule has 0 aromatic heterocycles. The SMILES string of the molecule is CCCCCCCCCCCCCCCCCC(CCCC)N[SiH2]O. The van der Waals surface area contributed by atoms with Crippen molar-refractivity contribution in [1.29, 1.82) is 0 Å². The fourth-order valence-corrected chi connectivity index (χ4v) is 4.36. The molecule has 0 aliphatic heterocycles. The molecule has 1 atom stereocenters. The van der Waals surface area contributed by atoms with Crippen molar-refractivity contribution in [3.8, 4) is 0 Å². The first-order valence-electron chi connectivity index (χ1n) is 11.7. The van der Waals surface area contributed by atoms with Gasteiger partial charge in [0, 0.05) is 6.04 Å². The van der Waals surface area contributed by atoms with Crippen LogP contribution in [0.5, 0.6) is 0 Å². The molecule has 2 nitrogen and oxygen atoms in total. The van der Waals surface area contributed by atoms with Crippen LogP contribution in [0.25, 0.3) is 0 Å². The summed E-state index contributed by atoms with van der Waals surface area (Å²) in [5.74, 6) is 0. The van der Waals surface area contributed by atoms with Crippen molar-refractivity contribution in [3.05, 3.63) is 0 Å². The molecular weight excluding hydrogens is 322 g/mol. The van der Waals surface area contributed by atoms with Gasteiger partial charge in [-0.15, -0.1) is 0 Å². The van der Waals surface area contributed by atoms with Crippen LogP contribution in [0.1, 0.15) is 136 Å². The molecule has 0 amide bonds. The van der Waals surface area contributed by atoms with Crippen molar-refractivity contribution in [3.63, 3.8) is 0 Å². The normalized spacial score (nSPS) is 13.1. The Kier molecular flexibility index (Phi) is 22.3. The van der Waals surface area contributed by atoms with Gasteiger partial charge in [0.1, 0.15) is 0 Å². The van der Waals surface area contributed by atoms with Gasteiger partial charge < -0.3 is 9.78 Å². The first-order chi connectivity index (χ1) is 12.3. The Morgan fingerprint density at radius 2 is 0.920 bits per heavy atom. The molecule has 2 N–H and O–H groups in total. The standard InChI is InChI=1S/C22H49NOSi/c1-3-5-7-8-9-10-11-12-13-14-15-16-17-18-19-21-22(23-25-24)20-6-4-2/h22-24H,3-21,25H2,1-2H3. The fraction of sp³-hybridized carbons (Fsp3) is 1.00. The third kappa shape index (κ3) is 20.3. The van der Waals surface area contributed by atoms with Gasteiger partial charge in [-0.3, -0.25) is 0 Å². The quantitative estimate of drug-likeness (QED) is 0.181. The van der Waals surface area contributed by atoms with Crippen molar-refractivity contribution < 1.29 is 4.80 Å². The zero-order valence-electron chi connectivity index (χ0n) is 17.7. The molecule has 3 heteroatoms. The molecule has 0 heterocycles. The summed E-state index contributed by atoms with van der Waals surface area (Å²) >= 11 is 0. The Morgan fingerprint density at radius 3 is 1.32 bits per heavy atom. The van der Waals surface area contributed by atoms with E-state index in [1.807, 2.05) is 0 Å². The van der Waals surface area contributed by atoms with E-state index in [0.29, 0.717) is 6.04 Å². The number of nitrogens with one attached hydrogen (secondary N) is 1. The summed E-state index contributed by atoms with van der Waals surface area (Å²) in [6, 6.07) is 0.596. The van der Waals surface area contributed by atoms with Crippen LogP contribution < -0.4 is 4.98 Å². The summed E-state index contributed by atoms with van der Waals surface area (Å²) in [4.78, 5) is 12.6. The highest BCUT2D eigenvalue weighted by Gasteiger charge is 2.06. The van der Waals surface area contributed by atoms with Crippen LogP contribution in [0.2, 0.25) is 0 Å². The van der Waals surface area contributed by atoms with Gasteiger partial charge in [0.25, 0.3) is 0 Å². The maximum absolute atomic E-state index is 9.19. The van der Waals surface area contributed by atoms with Gasteiger partial charge in [-0.2, -0.15) is 0 Å². The van der Waals surface area contributed by atoms with Crippen LogP contribution in [0, 0.1) is 0 Å². The number of hydrogen-bond acceptors (Lipinski definition) is 2. The maximum atomic E-state index is 9.19. The third-order valence-corrected chi connectivity index (χ3v) is 6.20. The van der Waals surface area contributed by atoms with Crippen molar-refractivity contribution in [2.75, 3.05) is 0 Å². The first kappa shape index (κ1) is 25.1. The van der Waals surface area contributed by atoms with Crippen molar-refractivity contribution in [1.82, 2.24) is 4.98 Å². The van der Waals surface area contributed by atoms with Gasteiger partial charge >= 0.3 is 0 Å². The number of rotatable bonds is 21. The second-order valence-electron chi connectivity index (χ2n) is 7.94. The molecule has 0 saturated heterocycles. The predicted octanol–water partition coefficient (Wildman–Crippen LogP) is 6.39. The first-order valence-corrected chi connectivity index (χ1v) is 13.0. The zero-order chi connectivity index (χ0) is 18.4. The summed E-state index contributed by atoms with van der Waals surface area (Å²) in [6.45, 7) is 4.54. The van der Waals surface area contributed by atoms with E-state index in [9.17, 15) is 4.80 Å². The summed E-state index contributed by atoms with van der Waals surface area (Å²) in [6.07, 6.45) is 26.6. The van der Waals surface area contributed by atoms with Gasteiger partial charge in [-0.25, -0.2) is 0 Å². The minimum absolute atomic E-state index is 0.596. The van der Waals surface area contributed by atoms with E-state index in [1.165, 1.54) is 122 Å². The van der Waals surface area contributed by atoms with E-state index >= 15 is 0 Å². The molecule has 1 unspecified atom stereocenters. The van der Waals surface area contributed by atoms with Gasteiger partial charge in [-0.1, -0.05) is 123 Å². The van der Waals surface area contributed by atoms with E-state index in [-0.39, 0.29) is 0 Å². The molecule has 0 rings (SSSR count). The van der Waals surface area contributed by atoms with Gasteiger partial charge in [0.05, 0.1) is 0 Å². The number of hydrogen-bond donors (Lipinski definition) is 2. The zero-order valence-corrected chi connectivity index (χ0v) is 19.1. The van der Waals surface area contributed by atoms with E-state index < -0.39 is 9.92 Å². The minimum Gasteiger partial charge on any atom is -0.424 e. The molecule has 0 radical (unpaired) electrons. The average Bonchev–Trinajstić information content (AvgIpc) is 2.62. The Bertz CT molecular complexity index is 238. The highest BCUT2D eigenvalue weighted by molar-refractivity contribution is 6.21.